The summed E-state index contributed by atoms with van der Waals surface area (Å²) in [5.74, 6) is 2.63. The van der Waals surface area contributed by atoms with Crippen LogP contribution in [0.15, 0.2) is 45.5 Å². The Kier molecular flexibility index (Phi) is 3.46. The van der Waals surface area contributed by atoms with E-state index in [1.165, 1.54) is 0 Å². The molecule has 1 aliphatic carbocycles. The van der Waals surface area contributed by atoms with Gasteiger partial charge in [-0.05, 0) is 19.3 Å². The van der Waals surface area contributed by atoms with Gasteiger partial charge < -0.3 is 14.7 Å². The molecule has 23 heavy (non-hydrogen) atoms. The molecule has 0 spiro atoms. The Morgan fingerprint density at radius 3 is 2.61 bits per heavy atom. The third-order valence-electron chi connectivity index (χ3n) is 4.32. The van der Waals surface area contributed by atoms with E-state index in [1.807, 2.05) is 30.3 Å². The molecule has 1 saturated carbocycles. The maximum atomic E-state index is 6.20. The van der Waals surface area contributed by atoms with Crippen LogP contribution in [0.1, 0.15) is 36.9 Å². The molecule has 1 fully saturated rings. The minimum absolute atomic E-state index is 0.384. The third-order valence-corrected chi connectivity index (χ3v) is 4.32. The Balaban J connectivity index is 1.41. The first-order valence-corrected chi connectivity index (χ1v) is 7.85. The molecule has 6 nitrogen and oxygen atoms in total. The summed E-state index contributed by atoms with van der Waals surface area (Å²) in [5.41, 5.74) is 6.83. The number of oxazole rings is 1. The molecular weight excluding hydrogens is 292 g/mol. The summed E-state index contributed by atoms with van der Waals surface area (Å²) in [6, 6.07) is 9.91. The van der Waals surface area contributed by atoms with E-state index < -0.39 is 0 Å². The van der Waals surface area contributed by atoms with Crippen LogP contribution in [0.4, 0.5) is 0 Å². The van der Waals surface area contributed by atoms with Crippen molar-refractivity contribution in [3.8, 4) is 11.3 Å². The van der Waals surface area contributed by atoms with E-state index in [0.717, 1.165) is 30.6 Å². The molecule has 0 aliphatic heterocycles. The minimum Gasteiger partial charge on any atom is -0.441 e. The van der Waals surface area contributed by atoms with Gasteiger partial charge in [-0.2, -0.15) is 4.98 Å². The number of nitrogens with two attached hydrogens (primary N) is 1. The molecule has 3 aromatic rings. The molecule has 118 valence electrons. The van der Waals surface area contributed by atoms with Crippen LogP contribution >= 0.6 is 0 Å². The Morgan fingerprint density at radius 1 is 1.09 bits per heavy atom. The molecule has 0 amide bonds. The van der Waals surface area contributed by atoms with Crippen LogP contribution in [0.5, 0.6) is 0 Å². The largest absolute Gasteiger partial charge is 0.441 e. The molecular formula is C17H18N4O2. The standard InChI is InChI=1S/C17H18N4O2/c18-17(9-4-10-17)16-20-15(23-21-16)8-7-14-19-11-13(22-14)12-5-2-1-3-6-12/h1-3,5-6,11H,4,7-10,18H2. The van der Waals surface area contributed by atoms with Crippen LogP contribution in [0, 0.1) is 0 Å². The van der Waals surface area contributed by atoms with Crippen molar-refractivity contribution < 1.29 is 8.94 Å². The summed E-state index contributed by atoms with van der Waals surface area (Å²) in [4.78, 5) is 8.72. The first-order chi connectivity index (χ1) is 11.2. The highest BCUT2D eigenvalue weighted by atomic mass is 16.5. The zero-order chi connectivity index (χ0) is 15.7. The lowest BCUT2D eigenvalue weighted by molar-refractivity contribution is 0.229. The van der Waals surface area contributed by atoms with Gasteiger partial charge in [-0.15, -0.1) is 0 Å². The van der Waals surface area contributed by atoms with Crippen molar-refractivity contribution in [2.75, 3.05) is 0 Å². The molecule has 0 bridgehead atoms. The van der Waals surface area contributed by atoms with E-state index in [1.54, 1.807) is 6.20 Å². The summed E-state index contributed by atoms with van der Waals surface area (Å²) in [5, 5.41) is 4.01. The average Bonchev–Trinajstić information content (AvgIpc) is 3.21. The van der Waals surface area contributed by atoms with Gasteiger partial charge in [0, 0.05) is 18.4 Å². The highest BCUT2D eigenvalue weighted by Gasteiger charge is 2.38. The van der Waals surface area contributed by atoms with Gasteiger partial charge in [0.15, 0.2) is 17.5 Å². The van der Waals surface area contributed by atoms with Crippen LogP contribution in [0.25, 0.3) is 11.3 Å². The van der Waals surface area contributed by atoms with Gasteiger partial charge >= 0.3 is 0 Å². The normalized spacial score (nSPS) is 16.2. The van der Waals surface area contributed by atoms with Gasteiger partial charge in [0.2, 0.25) is 5.89 Å². The quantitative estimate of drug-likeness (QED) is 0.779. The third kappa shape index (κ3) is 2.77. The van der Waals surface area contributed by atoms with Crippen molar-refractivity contribution in [2.45, 2.75) is 37.6 Å². The number of aryl methyl sites for hydroxylation is 2. The first-order valence-electron chi connectivity index (χ1n) is 7.85. The van der Waals surface area contributed by atoms with Crippen molar-refractivity contribution >= 4 is 0 Å². The topological polar surface area (TPSA) is 91.0 Å². The highest BCUT2D eigenvalue weighted by molar-refractivity contribution is 5.55. The predicted octanol–water partition coefficient (Wildman–Crippen LogP) is 2.85. The summed E-state index contributed by atoms with van der Waals surface area (Å²) < 4.78 is 11.1. The second-order valence-electron chi connectivity index (χ2n) is 6.01. The fraction of sp³-hybridized carbons (Fsp3) is 0.353. The molecule has 2 heterocycles. The lowest BCUT2D eigenvalue weighted by Gasteiger charge is -2.34. The Labute approximate surface area is 133 Å². The van der Waals surface area contributed by atoms with Crippen LogP contribution in [-0.2, 0) is 18.4 Å². The number of benzene rings is 1. The fourth-order valence-corrected chi connectivity index (χ4v) is 2.72. The predicted molar refractivity (Wildman–Crippen MR) is 83.4 cm³/mol. The van der Waals surface area contributed by atoms with Crippen molar-refractivity contribution in [2.24, 2.45) is 5.73 Å². The van der Waals surface area contributed by atoms with Crippen molar-refractivity contribution in [1.29, 1.82) is 0 Å². The lowest BCUT2D eigenvalue weighted by Crippen LogP contribution is -2.44. The fourth-order valence-electron chi connectivity index (χ4n) is 2.72. The Bertz CT molecular complexity index is 790. The van der Waals surface area contributed by atoms with Crippen molar-refractivity contribution in [3.63, 3.8) is 0 Å². The van der Waals surface area contributed by atoms with Gasteiger partial charge in [-0.25, -0.2) is 4.98 Å². The van der Waals surface area contributed by atoms with Crippen LogP contribution < -0.4 is 5.73 Å². The number of rotatable bonds is 5. The zero-order valence-electron chi connectivity index (χ0n) is 12.7. The molecule has 4 rings (SSSR count). The average molecular weight is 310 g/mol. The molecule has 6 heteroatoms. The second-order valence-corrected chi connectivity index (χ2v) is 6.01. The molecule has 2 aromatic heterocycles. The Hall–Kier alpha value is -2.47. The van der Waals surface area contributed by atoms with Gasteiger partial charge in [0.05, 0.1) is 11.7 Å². The maximum Gasteiger partial charge on any atom is 0.227 e. The number of aromatic nitrogens is 3. The summed E-state index contributed by atoms with van der Waals surface area (Å²) in [6.07, 6.45) is 5.92. The summed E-state index contributed by atoms with van der Waals surface area (Å²) in [6.45, 7) is 0. The molecule has 1 aromatic carbocycles. The lowest BCUT2D eigenvalue weighted by atomic mass is 9.77. The smallest absolute Gasteiger partial charge is 0.227 e. The zero-order valence-corrected chi connectivity index (χ0v) is 12.7. The van der Waals surface area contributed by atoms with Gasteiger partial charge in [0.25, 0.3) is 0 Å². The van der Waals surface area contributed by atoms with Crippen LogP contribution in [0.2, 0.25) is 0 Å². The van der Waals surface area contributed by atoms with Gasteiger partial charge in [-0.1, -0.05) is 35.5 Å². The van der Waals surface area contributed by atoms with E-state index >= 15 is 0 Å². The van der Waals surface area contributed by atoms with Gasteiger partial charge in [-0.3, -0.25) is 0 Å². The molecule has 1 aliphatic rings. The van der Waals surface area contributed by atoms with Gasteiger partial charge in [0.1, 0.15) is 0 Å². The van der Waals surface area contributed by atoms with E-state index in [-0.39, 0.29) is 5.54 Å². The number of hydrogen-bond donors (Lipinski definition) is 1. The summed E-state index contributed by atoms with van der Waals surface area (Å²) >= 11 is 0. The molecule has 0 unspecified atom stereocenters. The molecule has 0 saturated heterocycles. The van der Waals surface area contributed by atoms with E-state index in [2.05, 4.69) is 15.1 Å². The second kappa shape index (κ2) is 5.62. The first kappa shape index (κ1) is 14.1. The van der Waals surface area contributed by atoms with Crippen LogP contribution in [-0.4, -0.2) is 15.1 Å². The van der Waals surface area contributed by atoms with Crippen molar-refractivity contribution in [1.82, 2.24) is 15.1 Å². The molecule has 0 atom stereocenters. The highest BCUT2D eigenvalue weighted by Crippen LogP contribution is 2.36. The van der Waals surface area contributed by atoms with Crippen LogP contribution in [0.3, 0.4) is 0 Å². The maximum absolute atomic E-state index is 6.20. The number of nitrogens with zero attached hydrogens (tertiary/aromatic N) is 3. The SMILES string of the molecule is NC1(c2noc(CCc3ncc(-c4ccccc4)o3)n2)CCC1. The monoisotopic (exact) mass is 310 g/mol. The van der Waals surface area contributed by atoms with Crippen molar-refractivity contribution in [3.05, 3.63) is 54.1 Å². The summed E-state index contributed by atoms with van der Waals surface area (Å²) in [7, 11) is 0. The minimum atomic E-state index is -0.384. The molecule has 0 radical (unpaired) electrons. The number of hydrogen-bond acceptors (Lipinski definition) is 6. The molecule has 2 N–H and O–H groups in total. The Morgan fingerprint density at radius 2 is 1.87 bits per heavy atom. The van der Waals surface area contributed by atoms with E-state index in [0.29, 0.717) is 30.4 Å². The van der Waals surface area contributed by atoms with E-state index in [4.69, 9.17) is 14.7 Å². The van der Waals surface area contributed by atoms with E-state index in [9.17, 15) is 0 Å².